The van der Waals surface area contributed by atoms with Crippen LogP contribution in [-0.2, 0) is 10.0 Å². The normalized spacial score (nSPS) is 11.3. The van der Waals surface area contributed by atoms with Crippen molar-refractivity contribution in [3.8, 4) is 5.75 Å². The fourth-order valence-corrected chi connectivity index (χ4v) is 2.63. The van der Waals surface area contributed by atoms with Crippen molar-refractivity contribution in [3.63, 3.8) is 0 Å². The Bertz CT molecular complexity index is 499. The highest BCUT2D eigenvalue weighted by Crippen LogP contribution is 2.30. The fraction of sp³-hybridized carbons (Fsp3) is 0.500. The summed E-state index contributed by atoms with van der Waals surface area (Å²) in [5.74, 6) is 0.504. The van der Waals surface area contributed by atoms with E-state index in [1.807, 2.05) is 13.0 Å². The topological polar surface area (TPSA) is 66.8 Å². The van der Waals surface area contributed by atoms with Crippen LogP contribution in [0.5, 0.6) is 5.75 Å². The monoisotopic (exact) mass is 273 g/mol. The van der Waals surface area contributed by atoms with Crippen molar-refractivity contribution in [2.24, 2.45) is 0 Å². The lowest BCUT2D eigenvalue weighted by Crippen LogP contribution is -2.31. The van der Waals surface area contributed by atoms with E-state index in [1.54, 1.807) is 12.1 Å². The molecule has 0 aliphatic carbocycles. The van der Waals surface area contributed by atoms with Crippen molar-refractivity contribution < 1.29 is 18.3 Å². The van der Waals surface area contributed by atoms with E-state index in [2.05, 4.69) is 0 Å². The first-order valence-electron chi connectivity index (χ1n) is 5.63. The van der Waals surface area contributed by atoms with Crippen molar-refractivity contribution in [2.45, 2.75) is 13.3 Å². The zero-order valence-corrected chi connectivity index (χ0v) is 11.7. The Balaban J connectivity index is 3.23. The van der Waals surface area contributed by atoms with E-state index in [9.17, 15) is 8.42 Å². The number of nitrogens with zero attached hydrogens (tertiary/aromatic N) is 1. The Labute approximate surface area is 108 Å². The second-order valence-electron chi connectivity index (χ2n) is 4.09. The lowest BCUT2D eigenvalue weighted by molar-refractivity contribution is 0.291. The molecule has 0 aromatic heterocycles. The van der Waals surface area contributed by atoms with Crippen LogP contribution in [-0.4, -0.2) is 40.0 Å². The molecule has 0 aliphatic rings. The third-order valence-corrected chi connectivity index (χ3v) is 3.70. The van der Waals surface area contributed by atoms with Crippen LogP contribution in [0, 0.1) is 6.92 Å². The first-order chi connectivity index (χ1) is 8.40. The van der Waals surface area contributed by atoms with Gasteiger partial charge in [0.1, 0.15) is 5.75 Å². The van der Waals surface area contributed by atoms with Crippen molar-refractivity contribution >= 4 is 15.7 Å². The summed E-state index contributed by atoms with van der Waals surface area (Å²) in [4.78, 5) is 0. The van der Waals surface area contributed by atoms with E-state index in [1.165, 1.54) is 11.4 Å². The molecule has 0 aliphatic heterocycles. The van der Waals surface area contributed by atoms with Gasteiger partial charge in [0, 0.05) is 13.2 Å². The average molecular weight is 273 g/mol. The number of methoxy groups -OCH3 is 1. The fourth-order valence-electron chi connectivity index (χ4n) is 1.67. The minimum Gasteiger partial charge on any atom is -0.495 e. The van der Waals surface area contributed by atoms with Gasteiger partial charge in [-0.05, 0) is 31.0 Å². The summed E-state index contributed by atoms with van der Waals surface area (Å²) >= 11 is 0. The van der Waals surface area contributed by atoms with E-state index in [0.29, 0.717) is 17.9 Å². The van der Waals surface area contributed by atoms with Gasteiger partial charge in [0.15, 0.2) is 0 Å². The molecule has 0 saturated carbocycles. The van der Waals surface area contributed by atoms with Gasteiger partial charge in [-0.2, -0.15) is 0 Å². The number of hydrogen-bond acceptors (Lipinski definition) is 4. The van der Waals surface area contributed by atoms with Crippen LogP contribution in [0.1, 0.15) is 12.0 Å². The smallest absolute Gasteiger partial charge is 0.232 e. The SMILES string of the molecule is COc1ccc(C)cc1N(CCCO)S(C)(=O)=O. The number of anilines is 1. The van der Waals surface area contributed by atoms with Crippen LogP contribution in [0.4, 0.5) is 5.69 Å². The average Bonchev–Trinajstić information content (AvgIpc) is 2.28. The molecule has 6 heteroatoms. The lowest BCUT2D eigenvalue weighted by Gasteiger charge is -2.24. The van der Waals surface area contributed by atoms with Gasteiger partial charge in [-0.1, -0.05) is 6.07 Å². The Morgan fingerprint density at radius 1 is 1.39 bits per heavy atom. The molecule has 0 unspecified atom stereocenters. The Morgan fingerprint density at radius 3 is 2.56 bits per heavy atom. The number of aryl methyl sites for hydroxylation is 1. The van der Waals surface area contributed by atoms with Crippen LogP contribution < -0.4 is 9.04 Å². The van der Waals surface area contributed by atoms with Crippen molar-refractivity contribution in [1.29, 1.82) is 0 Å². The summed E-state index contributed by atoms with van der Waals surface area (Å²) in [5, 5.41) is 8.86. The molecule has 5 nitrogen and oxygen atoms in total. The van der Waals surface area contributed by atoms with Crippen LogP contribution >= 0.6 is 0 Å². The zero-order valence-electron chi connectivity index (χ0n) is 10.9. The van der Waals surface area contributed by atoms with Gasteiger partial charge >= 0.3 is 0 Å². The van der Waals surface area contributed by atoms with Gasteiger partial charge in [-0.15, -0.1) is 0 Å². The number of benzene rings is 1. The largest absolute Gasteiger partial charge is 0.495 e. The highest BCUT2D eigenvalue weighted by atomic mass is 32.2. The van der Waals surface area contributed by atoms with E-state index < -0.39 is 10.0 Å². The summed E-state index contributed by atoms with van der Waals surface area (Å²) in [6, 6.07) is 5.36. The molecule has 0 heterocycles. The van der Waals surface area contributed by atoms with E-state index >= 15 is 0 Å². The standard InChI is InChI=1S/C12H19NO4S/c1-10-5-6-12(17-2)11(9-10)13(7-4-8-14)18(3,15)16/h5-6,9,14H,4,7-8H2,1-3H3. The molecule has 0 amide bonds. The number of aliphatic hydroxyl groups is 1. The van der Waals surface area contributed by atoms with E-state index in [4.69, 9.17) is 9.84 Å². The van der Waals surface area contributed by atoms with Gasteiger partial charge in [0.25, 0.3) is 0 Å². The van der Waals surface area contributed by atoms with Crippen LogP contribution in [0.25, 0.3) is 0 Å². The summed E-state index contributed by atoms with van der Waals surface area (Å²) in [7, 11) is -1.90. The molecule has 1 rings (SSSR count). The maximum Gasteiger partial charge on any atom is 0.232 e. The van der Waals surface area contributed by atoms with Crippen molar-refractivity contribution in [1.82, 2.24) is 0 Å². The summed E-state index contributed by atoms with van der Waals surface area (Å²) in [5.41, 5.74) is 1.46. The molecule has 1 aromatic carbocycles. The highest BCUT2D eigenvalue weighted by Gasteiger charge is 2.20. The molecule has 18 heavy (non-hydrogen) atoms. The molecule has 0 radical (unpaired) electrons. The summed E-state index contributed by atoms with van der Waals surface area (Å²) < 4.78 is 30.1. The van der Waals surface area contributed by atoms with Crippen molar-refractivity contribution in [2.75, 3.05) is 30.8 Å². The van der Waals surface area contributed by atoms with Gasteiger partial charge in [-0.25, -0.2) is 8.42 Å². The van der Waals surface area contributed by atoms with Gasteiger partial charge < -0.3 is 9.84 Å². The molecular weight excluding hydrogens is 254 g/mol. The van der Waals surface area contributed by atoms with Gasteiger partial charge in [-0.3, -0.25) is 4.31 Å². The second kappa shape index (κ2) is 6.06. The number of sulfonamides is 1. The first-order valence-corrected chi connectivity index (χ1v) is 7.48. The Morgan fingerprint density at radius 2 is 2.06 bits per heavy atom. The van der Waals surface area contributed by atoms with Crippen molar-refractivity contribution in [3.05, 3.63) is 23.8 Å². The quantitative estimate of drug-likeness (QED) is 0.844. The van der Waals surface area contributed by atoms with Gasteiger partial charge in [0.05, 0.1) is 19.1 Å². The number of aliphatic hydroxyl groups excluding tert-OH is 1. The molecule has 0 fully saturated rings. The first kappa shape index (κ1) is 14.8. The van der Waals surface area contributed by atoms with Crippen LogP contribution in [0.15, 0.2) is 18.2 Å². The zero-order chi connectivity index (χ0) is 13.8. The molecule has 0 atom stereocenters. The van der Waals surface area contributed by atoms with Gasteiger partial charge in [0.2, 0.25) is 10.0 Å². The molecule has 0 saturated heterocycles. The summed E-state index contributed by atoms with van der Waals surface area (Å²) in [6.07, 6.45) is 1.52. The highest BCUT2D eigenvalue weighted by molar-refractivity contribution is 7.92. The molecule has 0 spiro atoms. The lowest BCUT2D eigenvalue weighted by atomic mass is 10.2. The predicted molar refractivity (Wildman–Crippen MR) is 71.6 cm³/mol. The van der Waals surface area contributed by atoms with E-state index in [0.717, 1.165) is 11.8 Å². The summed E-state index contributed by atoms with van der Waals surface area (Å²) in [6.45, 7) is 2.06. The molecule has 0 bridgehead atoms. The van der Waals surface area contributed by atoms with Crippen LogP contribution in [0.2, 0.25) is 0 Å². The molecule has 102 valence electrons. The predicted octanol–water partition coefficient (Wildman–Crippen LogP) is 1.15. The molecule has 1 aromatic rings. The second-order valence-corrected chi connectivity index (χ2v) is 5.99. The minimum atomic E-state index is -3.40. The third kappa shape index (κ3) is 3.61. The maximum absolute atomic E-state index is 11.8. The number of rotatable bonds is 6. The molecule has 1 N–H and O–H groups in total. The van der Waals surface area contributed by atoms with Crippen LogP contribution in [0.3, 0.4) is 0 Å². The Hall–Kier alpha value is -1.27. The molecular formula is C12H19NO4S. The minimum absolute atomic E-state index is 0.0554. The Kier molecular flexibility index (Phi) is 4.98. The van der Waals surface area contributed by atoms with E-state index in [-0.39, 0.29) is 13.2 Å². The third-order valence-electron chi connectivity index (χ3n) is 2.52. The maximum atomic E-state index is 11.8. The number of hydrogen-bond donors (Lipinski definition) is 1. The number of ether oxygens (including phenoxy) is 1.